The van der Waals surface area contributed by atoms with E-state index in [2.05, 4.69) is 14.6 Å². The average Bonchev–Trinajstić information content (AvgIpc) is 2.97. The molecule has 0 bridgehead atoms. The number of morpholine rings is 1. The van der Waals surface area contributed by atoms with Crippen LogP contribution in [0.5, 0.6) is 5.75 Å². The summed E-state index contributed by atoms with van der Waals surface area (Å²) in [6.07, 6.45) is -1.47. The van der Waals surface area contributed by atoms with Crippen molar-refractivity contribution < 1.29 is 32.2 Å². The van der Waals surface area contributed by atoms with Gasteiger partial charge in [0.25, 0.3) is 5.91 Å². The maximum absolute atomic E-state index is 13.1. The first-order valence-corrected chi connectivity index (χ1v) is 10.0. The van der Waals surface area contributed by atoms with Gasteiger partial charge >= 0.3 is 12.4 Å². The van der Waals surface area contributed by atoms with Crippen molar-refractivity contribution in [2.75, 3.05) is 36.1 Å². The summed E-state index contributed by atoms with van der Waals surface area (Å²) < 4.78 is 46.4. The topological polar surface area (TPSA) is 75.2 Å². The lowest BCUT2D eigenvalue weighted by Gasteiger charge is -2.31. The van der Waals surface area contributed by atoms with Crippen molar-refractivity contribution >= 4 is 23.3 Å². The van der Waals surface area contributed by atoms with Gasteiger partial charge in [0.05, 0.1) is 37.3 Å². The lowest BCUT2D eigenvalue weighted by Crippen LogP contribution is -2.38. The van der Waals surface area contributed by atoms with Crippen LogP contribution < -0.4 is 14.5 Å². The highest BCUT2D eigenvalue weighted by Crippen LogP contribution is 2.31. The molecule has 2 aromatic rings. The molecule has 2 aliphatic rings. The van der Waals surface area contributed by atoms with E-state index in [1.165, 1.54) is 17.0 Å². The number of carbonyl (C=O) groups is 2. The van der Waals surface area contributed by atoms with Gasteiger partial charge in [-0.2, -0.15) is 0 Å². The summed E-state index contributed by atoms with van der Waals surface area (Å²) in [6.45, 7) is 4.38. The van der Waals surface area contributed by atoms with Crippen molar-refractivity contribution in [3.8, 4) is 5.75 Å². The number of hydrogen-bond acceptors (Lipinski definition) is 6. The molecule has 1 aromatic heterocycles. The Hall–Kier alpha value is -3.34. The zero-order valence-corrected chi connectivity index (χ0v) is 17.2. The number of alkyl halides is 3. The highest BCUT2D eigenvalue weighted by atomic mass is 19.4. The maximum Gasteiger partial charge on any atom is 0.573 e. The molecule has 3 amide bonds. The molecule has 3 heterocycles. The normalized spacial score (nSPS) is 19.6. The van der Waals surface area contributed by atoms with Crippen LogP contribution in [0.2, 0.25) is 0 Å². The van der Waals surface area contributed by atoms with Gasteiger partial charge in [0.1, 0.15) is 11.8 Å². The number of amides is 3. The largest absolute Gasteiger partial charge is 0.573 e. The van der Waals surface area contributed by atoms with E-state index in [0.29, 0.717) is 26.3 Å². The molecule has 8 nitrogen and oxygen atoms in total. The van der Waals surface area contributed by atoms with Crippen LogP contribution in [0, 0.1) is 0 Å². The first-order chi connectivity index (χ1) is 15.2. The summed E-state index contributed by atoms with van der Waals surface area (Å²) in [6, 6.07) is 5.15. The SMILES string of the molecule is CC1C(=O)N(c2ccc(OC(F)(F)F)cc2)C(=O)N1Cc1ccncc1N1CCOCC1. The van der Waals surface area contributed by atoms with Crippen molar-refractivity contribution in [1.29, 1.82) is 0 Å². The third kappa shape index (κ3) is 4.47. The van der Waals surface area contributed by atoms with Crippen LogP contribution in [-0.4, -0.2) is 60.5 Å². The Labute approximate surface area is 182 Å². The Kier molecular flexibility index (Phi) is 5.92. The van der Waals surface area contributed by atoms with Crippen LogP contribution in [0.3, 0.4) is 0 Å². The molecule has 1 unspecified atom stereocenters. The smallest absolute Gasteiger partial charge is 0.406 e. The third-order valence-electron chi connectivity index (χ3n) is 5.39. The first kappa shape index (κ1) is 21.9. The molecule has 0 N–H and O–H groups in total. The number of halogens is 3. The second-order valence-electron chi connectivity index (χ2n) is 7.41. The molecule has 1 atom stereocenters. The van der Waals surface area contributed by atoms with E-state index in [1.807, 2.05) is 0 Å². The van der Waals surface area contributed by atoms with E-state index in [4.69, 9.17) is 4.74 Å². The minimum atomic E-state index is -4.82. The van der Waals surface area contributed by atoms with E-state index >= 15 is 0 Å². The van der Waals surface area contributed by atoms with E-state index in [9.17, 15) is 22.8 Å². The second-order valence-corrected chi connectivity index (χ2v) is 7.41. The number of aromatic nitrogens is 1. The van der Waals surface area contributed by atoms with Crippen LogP contribution in [0.4, 0.5) is 29.3 Å². The summed E-state index contributed by atoms with van der Waals surface area (Å²) in [4.78, 5) is 34.6. The summed E-state index contributed by atoms with van der Waals surface area (Å²) >= 11 is 0. The van der Waals surface area contributed by atoms with Gasteiger partial charge in [0.15, 0.2) is 0 Å². The van der Waals surface area contributed by atoms with Crippen molar-refractivity contribution in [2.45, 2.75) is 25.9 Å². The quantitative estimate of drug-likeness (QED) is 0.652. The lowest BCUT2D eigenvalue weighted by atomic mass is 10.1. The second kappa shape index (κ2) is 8.65. The molecule has 11 heteroatoms. The summed E-state index contributed by atoms with van der Waals surface area (Å²) in [5, 5.41) is 0. The minimum absolute atomic E-state index is 0.173. The summed E-state index contributed by atoms with van der Waals surface area (Å²) in [5.41, 5.74) is 1.88. The van der Waals surface area contributed by atoms with Crippen LogP contribution in [0.25, 0.3) is 0 Å². The van der Waals surface area contributed by atoms with Gasteiger partial charge in [-0.05, 0) is 42.8 Å². The number of carbonyl (C=O) groups excluding carboxylic acids is 2. The predicted octanol–water partition coefficient (Wildman–Crippen LogP) is 3.17. The van der Waals surface area contributed by atoms with Gasteiger partial charge in [0.2, 0.25) is 0 Å². The van der Waals surface area contributed by atoms with E-state index in [0.717, 1.165) is 28.3 Å². The number of urea groups is 1. The maximum atomic E-state index is 13.1. The highest BCUT2D eigenvalue weighted by Gasteiger charge is 2.43. The van der Waals surface area contributed by atoms with Gasteiger partial charge in [0, 0.05) is 19.3 Å². The molecule has 0 saturated carbocycles. The number of hydrogen-bond donors (Lipinski definition) is 0. The molecule has 0 radical (unpaired) electrons. The number of pyridine rings is 1. The van der Waals surface area contributed by atoms with Gasteiger partial charge in [-0.15, -0.1) is 13.2 Å². The van der Waals surface area contributed by atoms with E-state index in [-0.39, 0.29) is 12.2 Å². The first-order valence-electron chi connectivity index (χ1n) is 10.0. The molecule has 1 aromatic carbocycles. The molecule has 0 aliphatic carbocycles. The molecule has 2 fully saturated rings. The molecule has 2 aliphatic heterocycles. The fourth-order valence-corrected chi connectivity index (χ4v) is 3.77. The van der Waals surface area contributed by atoms with E-state index in [1.54, 1.807) is 25.4 Å². The van der Waals surface area contributed by atoms with Crippen LogP contribution >= 0.6 is 0 Å². The number of anilines is 2. The summed E-state index contributed by atoms with van der Waals surface area (Å²) in [5.74, 6) is -0.890. The van der Waals surface area contributed by atoms with Crippen LogP contribution in [-0.2, 0) is 16.1 Å². The van der Waals surface area contributed by atoms with E-state index < -0.39 is 30.1 Å². The number of rotatable bonds is 5. The molecule has 170 valence electrons. The average molecular weight is 450 g/mol. The fourth-order valence-electron chi connectivity index (χ4n) is 3.77. The number of nitrogens with zero attached hydrogens (tertiary/aromatic N) is 4. The molecule has 4 rings (SSSR count). The Morgan fingerprint density at radius 2 is 1.81 bits per heavy atom. The van der Waals surface area contributed by atoms with Gasteiger partial charge in [-0.25, -0.2) is 9.69 Å². The molecule has 32 heavy (non-hydrogen) atoms. The van der Waals surface area contributed by atoms with Crippen molar-refractivity contribution in [1.82, 2.24) is 9.88 Å². The zero-order chi connectivity index (χ0) is 22.9. The van der Waals surface area contributed by atoms with Crippen LogP contribution in [0.1, 0.15) is 12.5 Å². The fraction of sp³-hybridized carbons (Fsp3) is 0.381. The zero-order valence-electron chi connectivity index (χ0n) is 17.2. The lowest BCUT2D eigenvalue weighted by molar-refractivity contribution is -0.274. The van der Waals surface area contributed by atoms with Gasteiger partial charge in [-0.3, -0.25) is 9.78 Å². The molecule has 2 saturated heterocycles. The third-order valence-corrected chi connectivity index (χ3v) is 5.39. The Bertz CT molecular complexity index is 993. The van der Waals surface area contributed by atoms with Crippen molar-refractivity contribution in [3.05, 3.63) is 48.3 Å². The van der Waals surface area contributed by atoms with Gasteiger partial charge in [-0.1, -0.05) is 0 Å². The van der Waals surface area contributed by atoms with Crippen molar-refractivity contribution in [3.63, 3.8) is 0 Å². The standard InChI is InChI=1S/C21H21F3N4O4/c1-14-19(29)28(16-2-4-17(5-3-16)32-21(22,23)24)20(30)27(14)13-15-6-7-25-12-18(15)26-8-10-31-11-9-26/h2-7,12,14H,8-11,13H2,1H3. The summed E-state index contributed by atoms with van der Waals surface area (Å²) in [7, 11) is 0. The Morgan fingerprint density at radius 1 is 1.12 bits per heavy atom. The van der Waals surface area contributed by atoms with Crippen molar-refractivity contribution in [2.24, 2.45) is 0 Å². The predicted molar refractivity (Wildman–Crippen MR) is 108 cm³/mol. The number of benzene rings is 1. The van der Waals surface area contributed by atoms with Crippen LogP contribution in [0.15, 0.2) is 42.7 Å². The Morgan fingerprint density at radius 3 is 2.47 bits per heavy atom. The molecular weight excluding hydrogens is 429 g/mol. The Balaban J connectivity index is 1.54. The van der Waals surface area contributed by atoms with Gasteiger partial charge < -0.3 is 19.3 Å². The highest BCUT2D eigenvalue weighted by molar-refractivity contribution is 6.21. The minimum Gasteiger partial charge on any atom is -0.406 e. The monoisotopic (exact) mass is 450 g/mol. The molecule has 0 spiro atoms. The molecular formula is C21H21F3N4O4. The number of ether oxygens (including phenoxy) is 2. The number of imide groups is 1.